The molecule has 1 saturated heterocycles. The van der Waals surface area contributed by atoms with Gasteiger partial charge in [0, 0.05) is 30.1 Å². The maximum absolute atomic E-state index is 12.6. The fourth-order valence-electron chi connectivity index (χ4n) is 4.01. The Morgan fingerprint density at radius 2 is 2.08 bits per heavy atom. The number of hydrogen-bond acceptors (Lipinski definition) is 4. The Morgan fingerprint density at radius 1 is 1.38 bits per heavy atom. The van der Waals surface area contributed by atoms with Gasteiger partial charge in [-0.15, -0.1) is 0 Å². The van der Waals surface area contributed by atoms with Crippen molar-refractivity contribution in [3.05, 3.63) is 29.7 Å². The number of nitrogens with two attached hydrogens (primary N) is 1. The second-order valence-electron chi connectivity index (χ2n) is 7.81. The normalized spacial score (nSPS) is 25.7. The molecule has 0 unspecified atom stereocenters. The highest BCUT2D eigenvalue weighted by Crippen LogP contribution is 2.47. The third kappa shape index (κ3) is 3.34. The molecule has 142 valence electrons. The number of hydrogen-bond donors (Lipinski definition) is 1. The molecule has 1 fully saturated rings. The van der Waals surface area contributed by atoms with Gasteiger partial charge in [-0.2, -0.15) is 18.3 Å². The van der Waals surface area contributed by atoms with E-state index in [1.165, 1.54) is 0 Å². The number of rotatable bonds is 2. The van der Waals surface area contributed by atoms with Crippen molar-refractivity contribution in [3.63, 3.8) is 0 Å². The largest absolute Gasteiger partial charge is 0.435 e. The van der Waals surface area contributed by atoms with Crippen LogP contribution in [0, 0.1) is 10.8 Å². The van der Waals surface area contributed by atoms with Crippen molar-refractivity contribution in [1.29, 1.82) is 0 Å². The zero-order chi connectivity index (χ0) is 19.3. The topological polar surface area (TPSA) is 81.2 Å². The van der Waals surface area contributed by atoms with Crippen LogP contribution >= 0.6 is 0 Å². The lowest BCUT2D eigenvalue weighted by Gasteiger charge is -2.39. The van der Waals surface area contributed by atoms with Gasteiger partial charge in [-0.25, -0.2) is 0 Å². The van der Waals surface area contributed by atoms with Crippen LogP contribution in [0.1, 0.15) is 32.4 Å². The molecular weight excluding hydrogens is 349 g/mol. The van der Waals surface area contributed by atoms with E-state index >= 15 is 0 Å². The van der Waals surface area contributed by atoms with Crippen molar-refractivity contribution in [1.82, 2.24) is 14.7 Å². The first-order valence-corrected chi connectivity index (χ1v) is 8.34. The summed E-state index contributed by atoms with van der Waals surface area (Å²) in [6.45, 7) is 4.29. The molecule has 1 aliphatic carbocycles. The Balaban J connectivity index is 1.70. The minimum atomic E-state index is -4.53. The number of carbonyl (C=O) groups is 2. The summed E-state index contributed by atoms with van der Waals surface area (Å²) in [5, 5.41) is 3.41. The Kier molecular flexibility index (Phi) is 4.16. The number of ketones is 1. The first-order chi connectivity index (χ1) is 11.9. The van der Waals surface area contributed by atoms with Crippen molar-refractivity contribution < 1.29 is 22.8 Å². The molecule has 2 N–H and O–H groups in total. The summed E-state index contributed by atoms with van der Waals surface area (Å²) in [4.78, 5) is 26.2. The van der Waals surface area contributed by atoms with Crippen LogP contribution in [0.4, 0.5) is 13.2 Å². The minimum Gasteiger partial charge on any atom is -0.396 e. The molecule has 6 nitrogen and oxygen atoms in total. The standard InChI is InChI=1S/C17H21F3N4O2/c1-15(2)9-16(7-11(21)14(15)26)4-6-23(10-16)13(25)8-24-5-3-12(22-24)17(18,19)20/h3,5,7H,4,6,8-10,21H2,1-2H3/t16-/m1/s1. The fraction of sp³-hybridized carbons (Fsp3) is 0.588. The lowest BCUT2D eigenvalue weighted by atomic mass is 9.65. The average Bonchev–Trinajstić information content (AvgIpc) is 3.12. The lowest BCUT2D eigenvalue weighted by molar-refractivity contribution is -0.142. The predicted molar refractivity (Wildman–Crippen MR) is 86.5 cm³/mol. The number of allylic oxidation sites excluding steroid dienone is 1. The summed E-state index contributed by atoms with van der Waals surface area (Å²) in [7, 11) is 0. The van der Waals surface area contributed by atoms with Crippen LogP contribution in [-0.2, 0) is 22.3 Å². The van der Waals surface area contributed by atoms with Crippen molar-refractivity contribution in [3.8, 4) is 0 Å². The van der Waals surface area contributed by atoms with Crippen LogP contribution in [0.15, 0.2) is 24.0 Å². The highest BCUT2D eigenvalue weighted by atomic mass is 19.4. The van der Waals surface area contributed by atoms with E-state index in [2.05, 4.69) is 5.10 Å². The van der Waals surface area contributed by atoms with E-state index in [1.54, 1.807) is 11.0 Å². The van der Waals surface area contributed by atoms with Crippen LogP contribution in [0.3, 0.4) is 0 Å². The minimum absolute atomic E-state index is 0.0934. The number of alkyl halides is 3. The molecule has 3 rings (SSSR count). The molecule has 2 heterocycles. The fourth-order valence-corrected chi connectivity index (χ4v) is 4.01. The van der Waals surface area contributed by atoms with Crippen LogP contribution in [0.5, 0.6) is 0 Å². The molecule has 1 aromatic heterocycles. The lowest BCUT2D eigenvalue weighted by Crippen LogP contribution is -2.43. The van der Waals surface area contributed by atoms with Gasteiger partial charge in [0.25, 0.3) is 0 Å². The number of carbonyl (C=O) groups excluding carboxylic acids is 2. The number of nitrogens with zero attached hydrogens (tertiary/aromatic N) is 3. The average molecular weight is 370 g/mol. The molecule has 1 aliphatic heterocycles. The van der Waals surface area contributed by atoms with Gasteiger partial charge < -0.3 is 10.6 Å². The van der Waals surface area contributed by atoms with Crippen molar-refractivity contribution in [2.45, 2.75) is 39.4 Å². The van der Waals surface area contributed by atoms with E-state index < -0.39 is 17.3 Å². The molecule has 1 amide bonds. The highest BCUT2D eigenvalue weighted by Gasteiger charge is 2.48. The van der Waals surface area contributed by atoms with Gasteiger partial charge in [-0.3, -0.25) is 14.3 Å². The first kappa shape index (κ1) is 18.5. The van der Waals surface area contributed by atoms with Gasteiger partial charge >= 0.3 is 6.18 Å². The van der Waals surface area contributed by atoms with Gasteiger partial charge in [0.1, 0.15) is 6.54 Å². The SMILES string of the molecule is CC1(C)C[C@]2(C=C(N)C1=O)CCN(C(=O)Cn1ccc(C(F)(F)F)n1)C2. The summed E-state index contributed by atoms with van der Waals surface area (Å²) in [5.74, 6) is -0.399. The highest BCUT2D eigenvalue weighted by molar-refractivity contribution is 5.99. The molecule has 1 atom stereocenters. The molecule has 26 heavy (non-hydrogen) atoms. The molecule has 1 spiro atoms. The Bertz CT molecular complexity index is 781. The van der Waals surface area contributed by atoms with Crippen LogP contribution in [0.25, 0.3) is 0 Å². The van der Waals surface area contributed by atoms with E-state index in [1.807, 2.05) is 13.8 Å². The van der Waals surface area contributed by atoms with Gasteiger partial charge in [0.15, 0.2) is 11.5 Å². The quantitative estimate of drug-likeness (QED) is 0.863. The van der Waals surface area contributed by atoms with Gasteiger partial charge in [0.2, 0.25) is 5.91 Å². The second kappa shape index (κ2) is 5.85. The molecule has 0 bridgehead atoms. The number of likely N-dealkylation sites (tertiary alicyclic amines) is 1. The van der Waals surface area contributed by atoms with Crippen LogP contribution in [-0.4, -0.2) is 39.5 Å². The summed E-state index contributed by atoms with van der Waals surface area (Å²) in [6, 6.07) is 0.845. The second-order valence-corrected chi connectivity index (χ2v) is 7.81. The van der Waals surface area contributed by atoms with E-state index in [9.17, 15) is 22.8 Å². The van der Waals surface area contributed by atoms with Crippen molar-refractivity contribution in [2.75, 3.05) is 13.1 Å². The monoisotopic (exact) mass is 370 g/mol. The Labute approximate surface area is 148 Å². The molecule has 2 aliphatic rings. The van der Waals surface area contributed by atoms with Gasteiger partial charge in [0.05, 0.1) is 5.70 Å². The first-order valence-electron chi connectivity index (χ1n) is 8.34. The number of aromatic nitrogens is 2. The maximum atomic E-state index is 12.6. The van der Waals surface area contributed by atoms with E-state index in [-0.39, 0.29) is 29.3 Å². The molecule has 1 aromatic rings. The molecule has 0 saturated carbocycles. The molecular formula is C17H21F3N4O2. The summed E-state index contributed by atoms with van der Waals surface area (Å²) < 4.78 is 38.8. The molecule has 9 heteroatoms. The van der Waals surface area contributed by atoms with Crippen LogP contribution in [0.2, 0.25) is 0 Å². The third-order valence-corrected chi connectivity index (χ3v) is 5.10. The predicted octanol–water partition coefficient (Wildman–Crippen LogP) is 1.96. The van der Waals surface area contributed by atoms with E-state index in [0.29, 0.717) is 25.9 Å². The Morgan fingerprint density at radius 3 is 2.65 bits per heavy atom. The van der Waals surface area contributed by atoms with Gasteiger partial charge in [-0.1, -0.05) is 13.8 Å². The van der Waals surface area contributed by atoms with Crippen LogP contribution < -0.4 is 5.73 Å². The zero-order valence-electron chi connectivity index (χ0n) is 14.6. The smallest absolute Gasteiger partial charge is 0.396 e. The Hall–Kier alpha value is -2.32. The van der Waals surface area contributed by atoms with Gasteiger partial charge in [-0.05, 0) is 25.0 Å². The number of halogens is 3. The molecule has 0 aromatic carbocycles. The molecule has 0 radical (unpaired) electrons. The summed E-state index contributed by atoms with van der Waals surface area (Å²) >= 11 is 0. The third-order valence-electron chi connectivity index (χ3n) is 5.10. The van der Waals surface area contributed by atoms with Crippen molar-refractivity contribution in [2.24, 2.45) is 16.6 Å². The van der Waals surface area contributed by atoms with E-state index in [0.717, 1.165) is 16.9 Å². The maximum Gasteiger partial charge on any atom is 0.435 e. The number of amides is 1. The zero-order valence-corrected chi connectivity index (χ0v) is 14.6. The number of Topliss-reactive ketones (excluding diaryl/α,β-unsaturated/α-hetero) is 1. The van der Waals surface area contributed by atoms with Crippen molar-refractivity contribution >= 4 is 11.7 Å². The summed E-state index contributed by atoms with van der Waals surface area (Å²) in [6.07, 6.45) is -0.378. The van der Waals surface area contributed by atoms with E-state index in [4.69, 9.17) is 5.73 Å². The summed E-state index contributed by atoms with van der Waals surface area (Å²) in [5.41, 5.74) is 4.12.